The van der Waals surface area contributed by atoms with Gasteiger partial charge in [0, 0.05) is 32.7 Å². The summed E-state index contributed by atoms with van der Waals surface area (Å²) in [5.74, 6) is 1.42. The van der Waals surface area contributed by atoms with Gasteiger partial charge in [0.05, 0.1) is 6.04 Å². The van der Waals surface area contributed by atoms with Gasteiger partial charge in [-0.25, -0.2) is 0 Å². The number of methoxy groups -OCH3 is 1. The first-order chi connectivity index (χ1) is 10.6. The molecule has 0 saturated carbocycles. The Morgan fingerprint density at radius 1 is 1.50 bits per heavy atom. The molecule has 1 fully saturated rings. The average molecular weight is 310 g/mol. The molecule has 0 bridgehead atoms. The minimum atomic E-state index is -0.0462. The van der Waals surface area contributed by atoms with Crippen molar-refractivity contribution in [2.24, 2.45) is 0 Å². The minimum absolute atomic E-state index is 0.0462. The second kappa shape index (κ2) is 8.24. The van der Waals surface area contributed by atoms with E-state index in [1.807, 2.05) is 0 Å². The van der Waals surface area contributed by atoms with Gasteiger partial charge in [-0.2, -0.15) is 4.98 Å². The second-order valence-corrected chi connectivity index (χ2v) is 5.79. The fourth-order valence-electron chi connectivity index (χ4n) is 2.75. The summed E-state index contributed by atoms with van der Waals surface area (Å²) in [7, 11) is 1.53. The number of likely N-dealkylation sites (tertiary alicyclic amines) is 1. The summed E-state index contributed by atoms with van der Waals surface area (Å²) in [6.45, 7) is 6.13. The van der Waals surface area contributed by atoms with Gasteiger partial charge < -0.3 is 14.6 Å². The molecule has 7 nitrogen and oxygen atoms in total. The number of carbonyl (C=O) groups excluding carboxylic acids is 1. The topological polar surface area (TPSA) is 80.5 Å². The number of hydrogen-bond acceptors (Lipinski definition) is 6. The third-order valence-corrected chi connectivity index (χ3v) is 4.03. The van der Waals surface area contributed by atoms with Crippen LogP contribution in [0.3, 0.4) is 0 Å². The number of nitrogens with zero attached hydrogens (tertiary/aromatic N) is 3. The molecule has 0 spiro atoms. The summed E-state index contributed by atoms with van der Waals surface area (Å²) in [6, 6.07) is 0.346. The molecule has 1 N–H and O–H groups in total. The number of hydrogen-bond donors (Lipinski definition) is 1. The zero-order valence-corrected chi connectivity index (χ0v) is 13.7. The Balaban J connectivity index is 1.81. The third kappa shape index (κ3) is 4.51. The van der Waals surface area contributed by atoms with E-state index in [4.69, 9.17) is 9.26 Å². The predicted octanol–water partition coefficient (Wildman–Crippen LogP) is 1.31. The molecule has 1 aliphatic heterocycles. The number of piperidine rings is 1. The Bertz CT molecular complexity index is 469. The van der Waals surface area contributed by atoms with Crippen molar-refractivity contribution in [2.75, 3.05) is 26.8 Å². The van der Waals surface area contributed by atoms with E-state index >= 15 is 0 Å². The number of rotatable bonds is 7. The van der Waals surface area contributed by atoms with Crippen molar-refractivity contribution in [1.29, 1.82) is 0 Å². The van der Waals surface area contributed by atoms with Crippen LogP contribution in [0, 0.1) is 0 Å². The zero-order chi connectivity index (χ0) is 15.9. The molecule has 1 atom stereocenters. The molecule has 0 radical (unpaired) electrons. The summed E-state index contributed by atoms with van der Waals surface area (Å²) in [5.41, 5.74) is 0. The Morgan fingerprint density at radius 2 is 2.23 bits per heavy atom. The first kappa shape index (κ1) is 16.9. The van der Waals surface area contributed by atoms with Crippen molar-refractivity contribution in [3.63, 3.8) is 0 Å². The van der Waals surface area contributed by atoms with Crippen LogP contribution in [0.25, 0.3) is 0 Å². The van der Waals surface area contributed by atoms with Crippen LogP contribution >= 0.6 is 0 Å². The smallest absolute Gasteiger partial charge is 0.246 e. The fraction of sp³-hybridized carbons (Fsp3) is 0.800. The quantitative estimate of drug-likeness (QED) is 0.818. The highest BCUT2D eigenvalue weighted by Crippen LogP contribution is 2.23. The molecule has 1 saturated heterocycles. The van der Waals surface area contributed by atoms with Crippen LogP contribution < -0.4 is 5.32 Å². The van der Waals surface area contributed by atoms with Crippen molar-refractivity contribution in [1.82, 2.24) is 20.4 Å². The van der Waals surface area contributed by atoms with Crippen molar-refractivity contribution in [2.45, 2.75) is 51.6 Å². The fourth-order valence-corrected chi connectivity index (χ4v) is 2.75. The van der Waals surface area contributed by atoms with Crippen molar-refractivity contribution in [3.8, 4) is 0 Å². The lowest BCUT2D eigenvalue weighted by Gasteiger charge is -2.34. The number of aryl methyl sites for hydroxylation is 1. The van der Waals surface area contributed by atoms with E-state index < -0.39 is 0 Å². The predicted molar refractivity (Wildman–Crippen MR) is 81.3 cm³/mol. The second-order valence-electron chi connectivity index (χ2n) is 5.79. The minimum Gasteiger partial charge on any atom is -0.375 e. The van der Waals surface area contributed by atoms with Crippen molar-refractivity contribution < 1.29 is 14.1 Å². The molecule has 124 valence electrons. The summed E-state index contributed by atoms with van der Waals surface area (Å²) in [4.78, 5) is 18.3. The Labute approximate surface area is 131 Å². The van der Waals surface area contributed by atoms with E-state index in [2.05, 4.69) is 34.2 Å². The van der Waals surface area contributed by atoms with Crippen LogP contribution in [0.1, 0.15) is 50.9 Å². The average Bonchev–Trinajstić information content (AvgIpc) is 2.96. The first-order valence-electron chi connectivity index (χ1n) is 7.98. The van der Waals surface area contributed by atoms with E-state index in [0.717, 1.165) is 44.6 Å². The van der Waals surface area contributed by atoms with Gasteiger partial charge in [0.1, 0.15) is 6.61 Å². The molecule has 1 amide bonds. The van der Waals surface area contributed by atoms with Gasteiger partial charge in [-0.1, -0.05) is 12.1 Å². The Morgan fingerprint density at radius 3 is 2.86 bits per heavy atom. The molecule has 22 heavy (non-hydrogen) atoms. The zero-order valence-electron chi connectivity index (χ0n) is 13.7. The van der Waals surface area contributed by atoms with Crippen molar-refractivity contribution >= 4 is 5.91 Å². The number of aromatic nitrogens is 2. The van der Waals surface area contributed by atoms with Gasteiger partial charge in [0.15, 0.2) is 5.82 Å². The van der Waals surface area contributed by atoms with E-state index in [-0.39, 0.29) is 24.6 Å². The van der Waals surface area contributed by atoms with Gasteiger partial charge in [0.25, 0.3) is 0 Å². The van der Waals surface area contributed by atoms with Crippen LogP contribution in [0.2, 0.25) is 0 Å². The van der Waals surface area contributed by atoms with Crippen molar-refractivity contribution in [3.05, 3.63) is 11.7 Å². The van der Waals surface area contributed by atoms with E-state index in [9.17, 15) is 4.79 Å². The van der Waals surface area contributed by atoms with Crippen LogP contribution in [-0.4, -0.2) is 53.8 Å². The number of amides is 1. The summed E-state index contributed by atoms with van der Waals surface area (Å²) < 4.78 is 10.2. The van der Waals surface area contributed by atoms with E-state index in [0.29, 0.717) is 5.89 Å². The highest BCUT2D eigenvalue weighted by molar-refractivity contribution is 5.77. The molecule has 1 aromatic rings. The van der Waals surface area contributed by atoms with Gasteiger partial charge in [-0.15, -0.1) is 0 Å². The third-order valence-electron chi connectivity index (χ3n) is 4.03. The van der Waals surface area contributed by atoms with Crippen LogP contribution in [0.5, 0.6) is 0 Å². The SMILES string of the molecule is CCCc1noc(C(C)N2CCC(NC(=O)COC)CC2)n1. The Kier molecular flexibility index (Phi) is 6.33. The molecule has 2 rings (SSSR count). The lowest BCUT2D eigenvalue weighted by Crippen LogP contribution is -2.46. The molecule has 2 heterocycles. The normalized spacial score (nSPS) is 18.3. The highest BCUT2D eigenvalue weighted by atomic mass is 16.5. The van der Waals surface area contributed by atoms with E-state index in [1.54, 1.807) is 0 Å². The van der Waals surface area contributed by atoms with Gasteiger partial charge >= 0.3 is 0 Å². The largest absolute Gasteiger partial charge is 0.375 e. The monoisotopic (exact) mass is 310 g/mol. The van der Waals surface area contributed by atoms with Crippen LogP contribution in [0.15, 0.2) is 4.52 Å². The maximum atomic E-state index is 11.5. The number of ether oxygens (including phenoxy) is 1. The van der Waals surface area contributed by atoms with Crippen LogP contribution in [0.4, 0.5) is 0 Å². The van der Waals surface area contributed by atoms with Crippen LogP contribution in [-0.2, 0) is 16.0 Å². The molecule has 0 aromatic carbocycles. The summed E-state index contributed by atoms with van der Waals surface area (Å²) in [5, 5.41) is 7.01. The maximum absolute atomic E-state index is 11.5. The molecule has 7 heteroatoms. The lowest BCUT2D eigenvalue weighted by atomic mass is 10.0. The molecular formula is C15H26N4O3. The summed E-state index contributed by atoms with van der Waals surface area (Å²) >= 11 is 0. The standard InChI is InChI=1S/C15H26N4O3/c1-4-5-13-17-15(22-18-13)11(2)19-8-6-12(7-9-19)16-14(20)10-21-3/h11-12H,4-10H2,1-3H3,(H,16,20). The maximum Gasteiger partial charge on any atom is 0.246 e. The number of nitrogens with one attached hydrogen (secondary N) is 1. The highest BCUT2D eigenvalue weighted by Gasteiger charge is 2.27. The molecule has 1 unspecified atom stereocenters. The van der Waals surface area contributed by atoms with Gasteiger partial charge in [0.2, 0.25) is 11.8 Å². The molecule has 0 aliphatic carbocycles. The molecular weight excluding hydrogens is 284 g/mol. The van der Waals surface area contributed by atoms with Gasteiger partial charge in [-0.3, -0.25) is 9.69 Å². The van der Waals surface area contributed by atoms with Gasteiger partial charge in [-0.05, 0) is 26.2 Å². The molecule has 1 aromatic heterocycles. The first-order valence-corrected chi connectivity index (χ1v) is 7.98. The summed E-state index contributed by atoms with van der Waals surface area (Å²) in [6.07, 6.45) is 3.72. The Hall–Kier alpha value is -1.47. The molecule has 1 aliphatic rings. The van der Waals surface area contributed by atoms with E-state index in [1.165, 1.54) is 7.11 Å². The number of carbonyl (C=O) groups is 1. The lowest BCUT2D eigenvalue weighted by molar-refractivity contribution is -0.125.